The molecule has 0 saturated carbocycles. The van der Waals surface area contributed by atoms with E-state index in [0.29, 0.717) is 34.9 Å². The number of amides is 1. The van der Waals surface area contributed by atoms with Crippen molar-refractivity contribution in [1.29, 1.82) is 0 Å². The van der Waals surface area contributed by atoms with Gasteiger partial charge in [0.25, 0.3) is 5.91 Å². The highest BCUT2D eigenvalue weighted by Gasteiger charge is 2.26. The largest absolute Gasteiger partial charge is 0.495 e. The van der Waals surface area contributed by atoms with Crippen molar-refractivity contribution in [2.24, 2.45) is 0 Å². The molecular weight excluding hydrogens is 394 g/mol. The SMILES string of the molecule is CCOc1ccc(C(=O)OC(C(=O)Nc2cc(C)ccc2OC)c2ccccc2)cc1. The Labute approximate surface area is 181 Å². The Hall–Kier alpha value is -3.80. The highest BCUT2D eigenvalue weighted by Crippen LogP contribution is 2.28. The summed E-state index contributed by atoms with van der Waals surface area (Å²) in [5.41, 5.74) is 2.35. The molecule has 0 spiro atoms. The second kappa shape index (κ2) is 10.3. The Morgan fingerprint density at radius 1 is 0.968 bits per heavy atom. The second-order valence-electron chi connectivity index (χ2n) is 6.85. The number of esters is 1. The smallest absolute Gasteiger partial charge is 0.339 e. The number of rotatable bonds is 8. The second-order valence-corrected chi connectivity index (χ2v) is 6.85. The number of ether oxygens (including phenoxy) is 3. The molecule has 1 atom stereocenters. The average molecular weight is 419 g/mol. The van der Waals surface area contributed by atoms with E-state index in [4.69, 9.17) is 14.2 Å². The fourth-order valence-electron chi connectivity index (χ4n) is 3.05. The van der Waals surface area contributed by atoms with E-state index in [2.05, 4.69) is 5.32 Å². The first kappa shape index (κ1) is 21.9. The van der Waals surface area contributed by atoms with Crippen molar-refractivity contribution in [3.8, 4) is 11.5 Å². The number of anilines is 1. The standard InChI is InChI=1S/C25H25NO5/c1-4-30-20-13-11-19(12-14-20)25(28)31-23(18-8-6-5-7-9-18)24(27)26-21-16-17(2)10-15-22(21)29-3/h5-16,23H,4H2,1-3H3,(H,26,27). The molecule has 0 fully saturated rings. The van der Waals surface area contributed by atoms with E-state index < -0.39 is 18.0 Å². The molecule has 160 valence electrons. The van der Waals surface area contributed by atoms with Crippen molar-refractivity contribution in [3.63, 3.8) is 0 Å². The molecule has 0 bridgehead atoms. The normalized spacial score (nSPS) is 11.3. The first-order valence-corrected chi connectivity index (χ1v) is 9.96. The van der Waals surface area contributed by atoms with Crippen LogP contribution in [-0.4, -0.2) is 25.6 Å². The third kappa shape index (κ3) is 5.63. The van der Waals surface area contributed by atoms with Crippen LogP contribution in [0, 0.1) is 6.92 Å². The molecule has 0 radical (unpaired) electrons. The Kier molecular flexibility index (Phi) is 7.27. The van der Waals surface area contributed by atoms with Gasteiger partial charge in [0.05, 0.1) is 25.0 Å². The number of hydrogen-bond acceptors (Lipinski definition) is 5. The van der Waals surface area contributed by atoms with Gasteiger partial charge in [0.2, 0.25) is 6.10 Å². The van der Waals surface area contributed by atoms with Gasteiger partial charge in [-0.3, -0.25) is 4.79 Å². The molecule has 0 aliphatic carbocycles. The molecule has 31 heavy (non-hydrogen) atoms. The van der Waals surface area contributed by atoms with Gasteiger partial charge in [0.15, 0.2) is 0 Å². The molecule has 0 aromatic heterocycles. The highest BCUT2D eigenvalue weighted by atomic mass is 16.5. The molecule has 1 amide bonds. The molecule has 0 heterocycles. The minimum Gasteiger partial charge on any atom is -0.495 e. The minimum atomic E-state index is -1.13. The number of nitrogens with one attached hydrogen (secondary N) is 1. The van der Waals surface area contributed by atoms with Gasteiger partial charge in [-0.2, -0.15) is 0 Å². The summed E-state index contributed by atoms with van der Waals surface area (Å²) in [5, 5.41) is 2.82. The third-order valence-corrected chi connectivity index (χ3v) is 4.58. The summed E-state index contributed by atoms with van der Waals surface area (Å²) in [5.74, 6) is 0.0872. The Bertz CT molecular complexity index is 1030. The lowest BCUT2D eigenvalue weighted by atomic mass is 10.1. The van der Waals surface area contributed by atoms with Crippen LogP contribution in [0.25, 0.3) is 0 Å². The van der Waals surface area contributed by atoms with Crippen LogP contribution in [0.5, 0.6) is 11.5 Å². The van der Waals surface area contributed by atoms with Gasteiger partial charge >= 0.3 is 5.97 Å². The number of carbonyl (C=O) groups excluding carboxylic acids is 2. The first-order valence-electron chi connectivity index (χ1n) is 9.96. The fraction of sp³-hybridized carbons (Fsp3) is 0.200. The van der Waals surface area contributed by atoms with E-state index >= 15 is 0 Å². The molecule has 0 aliphatic rings. The van der Waals surface area contributed by atoms with Crippen LogP contribution in [0.15, 0.2) is 72.8 Å². The van der Waals surface area contributed by atoms with E-state index in [-0.39, 0.29) is 0 Å². The van der Waals surface area contributed by atoms with Gasteiger partial charge in [-0.15, -0.1) is 0 Å². The summed E-state index contributed by atoms with van der Waals surface area (Å²) in [6.45, 7) is 4.33. The maximum Gasteiger partial charge on any atom is 0.339 e. The monoisotopic (exact) mass is 419 g/mol. The highest BCUT2D eigenvalue weighted by molar-refractivity contribution is 5.99. The van der Waals surface area contributed by atoms with Crippen molar-refractivity contribution in [2.45, 2.75) is 20.0 Å². The number of hydrogen-bond donors (Lipinski definition) is 1. The summed E-state index contributed by atoms with van der Waals surface area (Å²) >= 11 is 0. The molecule has 6 nitrogen and oxygen atoms in total. The zero-order chi connectivity index (χ0) is 22.2. The van der Waals surface area contributed by atoms with Crippen LogP contribution < -0.4 is 14.8 Å². The van der Waals surface area contributed by atoms with E-state index in [1.54, 1.807) is 60.7 Å². The molecule has 3 rings (SSSR count). The first-order chi connectivity index (χ1) is 15.0. The van der Waals surface area contributed by atoms with Crippen molar-refractivity contribution in [2.75, 3.05) is 19.0 Å². The molecule has 0 aliphatic heterocycles. The molecule has 6 heteroatoms. The Balaban J connectivity index is 1.84. The lowest BCUT2D eigenvalue weighted by Gasteiger charge is -2.19. The topological polar surface area (TPSA) is 73.9 Å². The number of carbonyl (C=O) groups is 2. The minimum absolute atomic E-state index is 0.324. The van der Waals surface area contributed by atoms with Crippen LogP contribution in [0.4, 0.5) is 5.69 Å². The maximum absolute atomic E-state index is 13.1. The van der Waals surface area contributed by atoms with Crippen LogP contribution in [0.3, 0.4) is 0 Å². The van der Waals surface area contributed by atoms with Crippen LogP contribution >= 0.6 is 0 Å². The molecule has 1 N–H and O–H groups in total. The van der Waals surface area contributed by atoms with Gasteiger partial charge in [0.1, 0.15) is 11.5 Å². The lowest BCUT2D eigenvalue weighted by molar-refractivity contribution is -0.125. The van der Waals surface area contributed by atoms with Crippen LogP contribution in [0.2, 0.25) is 0 Å². The van der Waals surface area contributed by atoms with Crippen LogP contribution in [0.1, 0.15) is 34.5 Å². The zero-order valence-corrected chi connectivity index (χ0v) is 17.8. The summed E-state index contributed by atoms with van der Waals surface area (Å²) < 4.78 is 16.4. The quantitative estimate of drug-likeness (QED) is 0.524. The van der Waals surface area contributed by atoms with Gasteiger partial charge in [-0.1, -0.05) is 36.4 Å². The Morgan fingerprint density at radius 3 is 2.32 bits per heavy atom. The van der Waals surface area contributed by atoms with E-state index in [1.807, 2.05) is 26.0 Å². The van der Waals surface area contributed by atoms with Gasteiger partial charge in [-0.25, -0.2) is 4.79 Å². The van der Waals surface area contributed by atoms with Crippen molar-refractivity contribution < 1.29 is 23.8 Å². The number of methoxy groups -OCH3 is 1. The number of benzene rings is 3. The third-order valence-electron chi connectivity index (χ3n) is 4.58. The predicted octanol–water partition coefficient (Wildman–Crippen LogP) is 4.94. The molecule has 3 aromatic rings. The van der Waals surface area contributed by atoms with Crippen molar-refractivity contribution >= 4 is 17.6 Å². The lowest BCUT2D eigenvalue weighted by Crippen LogP contribution is -2.26. The van der Waals surface area contributed by atoms with Crippen molar-refractivity contribution in [1.82, 2.24) is 0 Å². The van der Waals surface area contributed by atoms with Crippen molar-refractivity contribution in [3.05, 3.63) is 89.5 Å². The Morgan fingerprint density at radius 2 is 1.68 bits per heavy atom. The molecule has 0 saturated heterocycles. The van der Waals surface area contributed by atoms with E-state index in [1.165, 1.54) is 7.11 Å². The van der Waals surface area contributed by atoms with Crippen LogP contribution in [-0.2, 0) is 9.53 Å². The van der Waals surface area contributed by atoms with Gasteiger partial charge in [-0.05, 0) is 55.8 Å². The zero-order valence-electron chi connectivity index (χ0n) is 17.8. The summed E-state index contributed by atoms with van der Waals surface area (Å²) in [7, 11) is 1.53. The van der Waals surface area contributed by atoms with Gasteiger partial charge < -0.3 is 19.5 Å². The fourth-order valence-corrected chi connectivity index (χ4v) is 3.05. The maximum atomic E-state index is 13.1. The number of aryl methyl sites for hydroxylation is 1. The molecule has 1 unspecified atom stereocenters. The molecular formula is C25H25NO5. The summed E-state index contributed by atoms with van der Waals surface area (Å²) in [6.07, 6.45) is -1.13. The molecule has 3 aromatic carbocycles. The van der Waals surface area contributed by atoms with E-state index in [0.717, 1.165) is 5.56 Å². The summed E-state index contributed by atoms with van der Waals surface area (Å²) in [4.78, 5) is 25.9. The van der Waals surface area contributed by atoms with Gasteiger partial charge in [0, 0.05) is 5.56 Å². The average Bonchev–Trinajstić information content (AvgIpc) is 2.78. The van der Waals surface area contributed by atoms with E-state index in [9.17, 15) is 9.59 Å². The summed E-state index contributed by atoms with van der Waals surface area (Å²) in [6, 6.07) is 20.9. The predicted molar refractivity (Wildman–Crippen MR) is 119 cm³/mol.